The van der Waals surface area contributed by atoms with Crippen LogP contribution in [0, 0.1) is 6.92 Å². The van der Waals surface area contributed by atoms with Gasteiger partial charge in [0.15, 0.2) is 0 Å². The Morgan fingerprint density at radius 2 is 1.94 bits per heavy atom. The van der Waals surface area contributed by atoms with Crippen LogP contribution >= 0.6 is 11.8 Å². The minimum Gasteiger partial charge on any atom is -0.379 e. The zero-order chi connectivity index (χ0) is 22.0. The molecule has 10 heteroatoms. The average Bonchev–Trinajstić information content (AvgIpc) is 2.76. The third-order valence-electron chi connectivity index (χ3n) is 5.08. The van der Waals surface area contributed by atoms with Gasteiger partial charge in [-0.3, -0.25) is 9.59 Å². The van der Waals surface area contributed by atoms with Crippen molar-refractivity contribution in [3.63, 3.8) is 0 Å². The van der Waals surface area contributed by atoms with E-state index in [0.717, 1.165) is 10.5 Å². The number of carbonyl (C=O) groups excluding carboxylic acids is 2. The van der Waals surface area contributed by atoms with Gasteiger partial charge in [-0.2, -0.15) is 4.31 Å². The molecule has 0 aromatic heterocycles. The zero-order valence-electron chi connectivity index (χ0n) is 17.0. The molecule has 0 unspecified atom stereocenters. The van der Waals surface area contributed by atoms with E-state index in [1.807, 2.05) is 25.1 Å². The minimum atomic E-state index is -3.71. The SMILES string of the molecule is Cc1cccc(NC(=O)CN2C(=O)CSc3ccc(S(=O)(=O)N4CCOCC4)cc32)c1. The van der Waals surface area contributed by atoms with Gasteiger partial charge in [0.2, 0.25) is 21.8 Å². The Bertz CT molecular complexity index is 1110. The van der Waals surface area contributed by atoms with Gasteiger partial charge in [0.05, 0.1) is 29.5 Å². The van der Waals surface area contributed by atoms with Gasteiger partial charge in [-0.05, 0) is 42.8 Å². The maximum Gasteiger partial charge on any atom is 0.244 e. The number of hydrogen-bond acceptors (Lipinski definition) is 6. The second-order valence-corrected chi connectivity index (χ2v) is 10.3. The average molecular weight is 462 g/mol. The number of morpholine rings is 1. The highest BCUT2D eigenvalue weighted by Crippen LogP contribution is 2.37. The number of anilines is 2. The lowest BCUT2D eigenvalue weighted by Crippen LogP contribution is -2.42. The Balaban J connectivity index is 1.59. The number of nitrogens with zero attached hydrogens (tertiary/aromatic N) is 2. The number of amides is 2. The monoisotopic (exact) mass is 461 g/mol. The first-order chi connectivity index (χ1) is 14.8. The third-order valence-corrected chi connectivity index (χ3v) is 8.03. The van der Waals surface area contributed by atoms with E-state index >= 15 is 0 Å². The summed E-state index contributed by atoms with van der Waals surface area (Å²) >= 11 is 1.34. The van der Waals surface area contributed by atoms with Crippen molar-refractivity contribution < 1.29 is 22.7 Å². The number of carbonyl (C=O) groups is 2. The predicted molar refractivity (Wildman–Crippen MR) is 119 cm³/mol. The van der Waals surface area contributed by atoms with E-state index in [1.165, 1.54) is 27.0 Å². The molecule has 8 nitrogen and oxygen atoms in total. The van der Waals surface area contributed by atoms with Crippen LogP contribution in [-0.2, 0) is 24.3 Å². The summed E-state index contributed by atoms with van der Waals surface area (Å²) < 4.78 is 32.7. The van der Waals surface area contributed by atoms with Crippen LogP contribution in [0.15, 0.2) is 52.3 Å². The van der Waals surface area contributed by atoms with Crippen LogP contribution in [0.3, 0.4) is 0 Å². The first kappa shape index (κ1) is 21.8. The van der Waals surface area contributed by atoms with Crippen LogP contribution in [0.2, 0.25) is 0 Å². The van der Waals surface area contributed by atoms with Gasteiger partial charge in [-0.25, -0.2) is 8.42 Å². The number of hydrogen-bond donors (Lipinski definition) is 1. The molecule has 0 radical (unpaired) electrons. The molecule has 2 aromatic rings. The summed E-state index contributed by atoms with van der Waals surface area (Å²) in [6.45, 7) is 3.01. The Hall–Kier alpha value is -2.40. The normalized spacial score (nSPS) is 17.3. The lowest BCUT2D eigenvalue weighted by molar-refractivity contribution is -0.120. The standard InChI is InChI=1S/C21H23N3O5S2/c1-15-3-2-4-16(11-15)22-20(25)13-24-18-12-17(5-6-19(18)30-14-21(24)26)31(27,28)23-7-9-29-10-8-23/h2-6,11-12H,7-10,13-14H2,1H3,(H,22,25). The summed E-state index contributed by atoms with van der Waals surface area (Å²) in [5.41, 5.74) is 2.09. The van der Waals surface area contributed by atoms with Gasteiger partial charge < -0.3 is 15.0 Å². The van der Waals surface area contributed by atoms with Crippen LogP contribution in [0.1, 0.15) is 5.56 Å². The smallest absolute Gasteiger partial charge is 0.244 e. The van der Waals surface area contributed by atoms with Crippen molar-refractivity contribution >= 4 is 45.0 Å². The second kappa shape index (κ2) is 8.99. The predicted octanol–water partition coefficient (Wildman–Crippen LogP) is 2.09. The molecule has 1 N–H and O–H groups in total. The van der Waals surface area contributed by atoms with Crippen LogP contribution < -0.4 is 10.2 Å². The van der Waals surface area contributed by atoms with Gasteiger partial charge in [-0.15, -0.1) is 11.8 Å². The van der Waals surface area contributed by atoms with Crippen LogP contribution in [-0.4, -0.2) is 63.1 Å². The van der Waals surface area contributed by atoms with Gasteiger partial charge in [0, 0.05) is 23.7 Å². The van der Waals surface area contributed by atoms with E-state index in [4.69, 9.17) is 4.74 Å². The maximum atomic E-state index is 13.0. The molecular formula is C21H23N3O5S2. The Labute approximate surface area is 185 Å². The number of fused-ring (bicyclic) bond motifs is 1. The summed E-state index contributed by atoms with van der Waals surface area (Å²) in [6.07, 6.45) is 0. The van der Waals surface area contributed by atoms with Crippen LogP contribution in [0.4, 0.5) is 11.4 Å². The molecule has 2 aliphatic heterocycles. The fourth-order valence-corrected chi connectivity index (χ4v) is 5.86. The largest absolute Gasteiger partial charge is 0.379 e. The molecule has 0 saturated carbocycles. The van der Waals surface area contributed by atoms with Crippen molar-refractivity contribution in [3.05, 3.63) is 48.0 Å². The molecule has 1 fully saturated rings. The molecule has 4 rings (SSSR count). The second-order valence-electron chi connectivity index (χ2n) is 7.33. The summed E-state index contributed by atoms with van der Waals surface area (Å²) in [6, 6.07) is 12.1. The Morgan fingerprint density at radius 1 is 1.16 bits per heavy atom. The Morgan fingerprint density at radius 3 is 2.68 bits per heavy atom. The fourth-order valence-electron chi connectivity index (χ4n) is 3.52. The molecule has 2 aromatic carbocycles. The number of rotatable bonds is 5. The van der Waals surface area contributed by atoms with Gasteiger partial charge in [0.25, 0.3) is 0 Å². The molecule has 0 bridgehead atoms. The molecule has 0 atom stereocenters. The molecule has 2 amide bonds. The molecule has 1 saturated heterocycles. The van der Waals surface area contributed by atoms with Crippen molar-refractivity contribution in [1.29, 1.82) is 0 Å². The minimum absolute atomic E-state index is 0.104. The van der Waals surface area contributed by atoms with Crippen molar-refractivity contribution in [2.75, 3.05) is 48.8 Å². The first-order valence-electron chi connectivity index (χ1n) is 9.86. The molecular weight excluding hydrogens is 438 g/mol. The van der Waals surface area contributed by atoms with Crippen LogP contribution in [0.25, 0.3) is 0 Å². The van der Waals surface area contributed by atoms with E-state index in [-0.39, 0.29) is 42.1 Å². The van der Waals surface area contributed by atoms with E-state index in [9.17, 15) is 18.0 Å². The number of ether oxygens (including phenoxy) is 1. The third kappa shape index (κ3) is 4.77. The maximum absolute atomic E-state index is 13.0. The molecule has 164 valence electrons. The fraction of sp³-hybridized carbons (Fsp3) is 0.333. The number of aryl methyl sites for hydroxylation is 1. The van der Waals surface area contributed by atoms with Crippen molar-refractivity contribution in [2.24, 2.45) is 0 Å². The molecule has 0 aliphatic carbocycles. The molecule has 2 aliphatic rings. The van der Waals surface area contributed by atoms with Crippen LogP contribution in [0.5, 0.6) is 0 Å². The van der Waals surface area contributed by atoms with E-state index in [1.54, 1.807) is 18.2 Å². The first-order valence-corrected chi connectivity index (χ1v) is 12.3. The van der Waals surface area contributed by atoms with Crippen molar-refractivity contribution in [1.82, 2.24) is 4.31 Å². The van der Waals surface area contributed by atoms with Gasteiger partial charge in [-0.1, -0.05) is 12.1 Å². The summed E-state index contributed by atoms with van der Waals surface area (Å²) in [5, 5.41) is 2.80. The van der Waals surface area contributed by atoms with E-state index in [2.05, 4.69) is 5.32 Å². The molecule has 0 spiro atoms. The molecule has 2 heterocycles. The highest BCUT2D eigenvalue weighted by molar-refractivity contribution is 8.00. The summed E-state index contributed by atoms with van der Waals surface area (Å²) in [4.78, 5) is 27.5. The number of benzene rings is 2. The van der Waals surface area contributed by atoms with Gasteiger partial charge >= 0.3 is 0 Å². The number of sulfonamides is 1. The van der Waals surface area contributed by atoms with E-state index in [0.29, 0.717) is 24.6 Å². The highest BCUT2D eigenvalue weighted by Gasteiger charge is 2.31. The highest BCUT2D eigenvalue weighted by atomic mass is 32.2. The lowest BCUT2D eigenvalue weighted by Gasteiger charge is -2.30. The Kier molecular flexibility index (Phi) is 6.33. The number of nitrogens with one attached hydrogen (secondary N) is 1. The summed E-state index contributed by atoms with van der Waals surface area (Å²) in [7, 11) is -3.71. The topological polar surface area (TPSA) is 96.0 Å². The van der Waals surface area contributed by atoms with Crippen molar-refractivity contribution in [3.8, 4) is 0 Å². The quantitative estimate of drug-likeness (QED) is 0.733. The zero-order valence-corrected chi connectivity index (χ0v) is 18.7. The van der Waals surface area contributed by atoms with E-state index < -0.39 is 10.0 Å². The van der Waals surface area contributed by atoms with Gasteiger partial charge in [0.1, 0.15) is 6.54 Å². The summed E-state index contributed by atoms with van der Waals surface area (Å²) in [5.74, 6) is -0.392. The molecule has 31 heavy (non-hydrogen) atoms. The number of thioether (sulfide) groups is 1. The van der Waals surface area contributed by atoms with Crippen molar-refractivity contribution in [2.45, 2.75) is 16.7 Å². The lowest BCUT2D eigenvalue weighted by atomic mass is 10.2.